The summed E-state index contributed by atoms with van der Waals surface area (Å²) < 4.78 is 40.8. The first-order chi connectivity index (χ1) is 16.9. The van der Waals surface area contributed by atoms with Gasteiger partial charge in [0.2, 0.25) is 5.91 Å². The van der Waals surface area contributed by atoms with Crippen molar-refractivity contribution < 1.29 is 36.0 Å². The number of nitrogens with zero attached hydrogens (tertiary/aromatic N) is 2. The molecule has 2 saturated heterocycles. The third-order valence-electron chi connectivity index (χ3n) is 8.90. The Morgan fingerprint density at radius 3 is 2.28 bits per heavy atom. The minimum absolute atomic E-state index is 0.0998. The third-order valence-corrected chi connectivity index (χ3v) is 9.65. The molecule has 2 heterocycles. The van der Waals surface area contributed by atoms with Crippen molar-refractivity contribution >= 4 is 28.3 Å². The zero-order valence-electron chi connectivity index (χ0n) is 21.0. The number of carbonyl (C=O) groups is 3. The number of rotatable bonds is 10. The fourth-order valence-corrected chi connectivity index (χ4v) is 8.27. The summed E-state index contributed by atoms with van der Waals surface area (Å²) in [5.74, 6) is 1.23. The Morgan fingerprint density at radius 1 is 1.08 bits per heavy atom. The molecule has 0 radical (unpaired) electrons. The van der Waals surface area contributed by atoms with E-state index in [0.29, 0.717) is 37.0 Å². The van der Waals surface area contributed by atoms with Gasteiger partial charge in [-0.15, -0.1) is 4.28 Å². The first kappa shape index (κ1) is 25.7. The molecule has 12 heteroatoms. The van der Waals surface area contributed by atoms with Crippen LogP contribution < -0.4 is 5.73 Å². The van der Waals surface area contributed by atoms with Crippen LogP contribution in [0.3, 0.4) is 0 Å². The molecular formula is C24H37N3O8S. The predicted octanol–water partition coefficient (Wildman–Crippen LogP) is 2.11. The van der Waals surface area contributed by atoms with Crippen molar-refractivity contribution in [2.45, 2.75) is 83.7 Å². The molecule has 6 rings (SSSR count). The van der Waals surface area contributed by atoms with Gasteiger partial charge in [-0.2, -0.15) is 13.5 Å². The Bertz CT molecular complexity index is 993. The van der Waals surface area contributed by atoms with Gasteiger partial charge >= 0.3 is 22.4 Å². The number of primary amides is 1. The molecule has 0 aromatic rings. The van der Waals surface area contributed by atoms with Crippen molar-refractivity contribution in [3.8, 4) is 0 Å². The number of hydrogen-bond donors (Lipinski definition) is 1. The van der Waals surface area contributed by atoms with Gasteiger partial charge in [-0.1, -0.05) is 13.8 Å². The van der Waals surface area contributed by atoms with Gasteiger partial charge in [-0.25, -0.2) is 8.98 Å². The van der Waals surface area contributed by atoms with Crippen molar-refractivity contribution in [2.75, 3.05) is 19.8 Å². The number of fused-ring (bicyclic) bond motifs is 2. The van der Waals surface area contributed by atoms with Crippen molar-refractivity contribution in [3.05, 3.63) is 0 Å². The highest BCUT2D eigenvalue weighted by molar-refractivity contribution is 7.81. The average Bonchev–Trinajstić information content (AvgIpc) is 3.01. The molecule has 6 aliphatic rings. The van der Waals surface area contributed by atoms with Gasteiger partial charge in [0.1, 0.15) is 6.04 Å². The van der Waals surface area contributed by atoms with Gasteiger partial charge < -0.3 is 15.4 Å². The normalized spacial score (nSPS) is 35.4. The Morgan fingerprint density at radius 2 is 1.69 bits per heavy atom. The van der Waals surface area contributed by atoms with Gasteiger partial charge in [0.05, 0.1) is 24.7 Å². The molecule has 2 atom stereocenters. The molecule has 0 spiro atoms. The monoisotopic (exact) mass is 527 g/mol. The summed E-state index contributed by atoms with van der Waals surface area (Å²) in [5.41, 5.74) is 4.40. The minimum Gasteiger partial charge on any atom is -0.465 e. The third kappa shape index (κ3) is 4.96. The minimum atomic E-state index is -4.53. The van der Waals surface area contributed by atoms with Gasteiger partial charge in [0.25, 0.3) is 0 Å². The largest absolute Gasteiger partial charge is 0.465 e. The molecule has 2 aliphatic heterocycles. The van der Waals surface area contributed by atoms with E-state index in [0.717, 1.165) is 24.3 Å². The lowest BCUT2D eigenvalue weighted by atomic mass is 9.49. The molecule has 4 aliphatic carbocycles. The van der Waals surface area contributed by atoms with Crippen LogP contribution >= 0.6 is 0 Å². The SMILES string of the molecule is CC(C)(CCOC(=O)C12CC3CC(CC(C3)C1)C2)COS(=O)(=O)ON1C(=O)N2CC1CCC2C(N)=O. The van der Waals surface area contributed by atoms with E-state index in [2.05, 4.69) is 0 Å². The number of amides is 3. The van der Waals surface area contributed by atoms with E-state index in [-0.39, 0.29) is 31.1 Å². The number of carbonyl (C=O) groups excluding carboxylic acids is 3. The number of hydrogen-bond acceptors (Lipinski definition) is 8. The van der Waals surface area contributed by atoms with Gasteiger partial charge in [0.15, 0.2) is 0 Å². The molecule has 202 valence electrons. The lowest BCUT2D eigenvalue weighted by Gasteiger charge is -2.55. The smallest absolute Gasteiger partial charge is 0.421 e. The quantitative estimate of drug-likeness (QED) is 0.425. The van der Waals surface area contributed by atoms with Crippen molar-refractivity contribution in [1.82, 2.24) is 9.96 Å². The lowest BCUT2D eigenvalue weighted by Crippen LogP contribution is -2.50. The second-order valence-corrected chi connectivity index (χ2v) is 13.6. The molecular weight excluding hydrogens is 490 g/mol. The van der Waals surface area contributed by atoms with Gasteiger partial charge in [-0.05, 0) is 81.0 Å². The summed E-state index contributed by atoms with van der Waals surface area (Å²) in [4.78, 5) is 38.4. The topological polar surface area (TPSA) is 146 Å². The first-order valence-corrected chi connectivity index (χ1v) is 14.4. The molecule has 36 heavy (non-hydrogen) atoms. The van der Waals surface area contributed by atoms with Crippen LogP contribution in [0.2, 0.25) is 0 Å². The summed E-state index contributed by atoms with van der Waals surface area (Å²) in [6.45, 7) is 3.79. The van der Waals surface area contributed by atoms with E-state index in [1.807, 2.05) is 13.8 Å². The zero-order valence-corrected chi connectivity index (χ0v) is 21.8. The maximum atomic E-state index is 13.0. The van der Waals surface area contributed by atoms with Crippen molar-refractivity contribution in [3.63, 3.8) is 0 Å². The summed E-state index contributed by atoms with van der Waals surface area (Å²) in [7, 11) is -4.53. The molecule has 2 N–H and O–H groups in total. The maximum Gasteiger partial charge on any atom is 0.421 e. The summed E-state index contributed by atoms with van der Waals surface area (Å²) in [5, 5.41) is 0.762. The Labute approximate surface area is 212 Å². The van der Waals surface area contributed by atoms with Crippen LogP contribution in [0.5, 0.6) is 0 Å². The summed E-state index contributed by atoms with van der Waals surface area (Å²) in [6.07, 6.45) is 7.73. The van der Waals surface area contributed by atoms with E-state index >= 15 is 0 Å². The van der Waals surface area contributed by atoms with Crippen molar-refractivity contribution in [1.29, 1.82) is 0 Å². The molecule has 2 unspecified atom stereocenters. The summed E-state index contributed by atoms with van der Waals surface area (Å²) >= 11 is 0. The number of esters is 1. The van der Waals surface area contributed by atoms with Crippen LogP contribution in [0.15, 0.2) is 0 Å². The first-order valence-electron chi connectivity index (χ1n) is 13.0. The van der Waals surface area contributed by atoms with Crippen LogP contribution in [0.1, 0.15) is 71.6 Å². The summed E-state index contributed by atoms with van der Waals surface area (Å²) in [6, 6.07) is -1.99. The standard InChI is InChI=1S/C24H37N3O8S/c1-23(2,5-6-33-21(29)24-10-15-7-16(11-24)9-17(8-15)12-24)14-34-36(31,32)35-27-18-3-4-19(20(25)28)26(13-18)22(27)30/h15-19H,3-14H2,1-2H3,(H2,25,28). The Kier molecular flexibility index (Phi) is 6.52. The average molecular weight is 528 g/mol. The number of ether oxygens (including phenoxy) is 1. The molecule has 6 bridgehead atoms. The molecule has 3 amide bonds. The van der Waals surface area contributed by atoms with E-state index in [1.165, 1.54) is 24.2 Å². The highest BCUT2D eigenvalue weighted by Gasteiger charge is 2.55. The molecule has 11 nitrogen and oxygen atoms in total. The van der Waals surface area contributed by atoms with Crippen LogP contribution in [0.4, 0.5) is 4.79 Å². The van der Waals surface area contributed by atoms with Crippen molar-refractivity contribution in [2.24, 2.45) is 34.3 Å². The van der Waals surface area contributed by atoms with E-state index < -0.39 is 39.8 Å². The Balaban J connectivity index is 1.09. The van der Waals surface area contributed by atoms with Crippen LogP contribution in [-0.2, 0) is 33.2 Å². The van der Waals surface area contributed by atoms with E-state index in [9.17, 15) is 22.8 Å². The predicted molar refractivity (Wildman–Crippen MR) is 126 cm³/mol. The number of nitrogens with two attached hydrogens (primary N) is 1. The van der Waals surface area contributed by atoms with Crippen LogP contribution in [-0.4, -0.2) is 68.1 Å². The highest BCUT2D eigenvalue weighted by atomic mass is 32.3. The zero-order chi connectivity index (χ0) is 25.9. The fourth-order valence-electron chi connectivity index (χ4n) is 7.38. The number of urea groups is 1. The molecule has 0 aromatic carbocycles. The van der Waals surface area contributed by atoms with Crippen LogP contribution in [0, 0.1) is 28.6 Å². The lowest BCUT2D eigenvalue weighted by molar-refractivity contribution is -0.172. The molecule has 4 saturated carbocycles. The van der Waals surface area contributed by atoms with Gasteiger partial charge in [0, 0.05) is 6.54 Å². The van der Waals surface area contributed by atoms with E-state index in [4.69, 9.17) is 18.9 Å². The fraction of sp³-hybridized carbons (Fsp3) is 0.875. The second-order valence-electron chi connectivity index (χ2n) is 12.4. The molecule has 6 fully saturated rings. The molecule has 0 aromatic heterocycles. The number of piperidine rings is 1. The second kappa shape index (κ2) is 9.13. The Hall–Kier alpha value is -1.92. The van der Waals surface area contributed by atoms with Crippen LogP contribution in [0.25, 0.3) is 0 Å². The van der Waals surface area contributed by atoms with Gasteiger partial charge in [-0.3, -0.25) is 9.59 Å². The highest BCUT2D eigenvalue weighted by Crippen LogP contribution is 2.60. The number of hydroxylamine groups is 2. The maximum absolute atomic E-state index is 13.0. The van der Waals surface area contributed by atoms with E-state index in [1.54, 1.807) is 0 Å².